The van der Waals surface area contributed by atoms with Crippen LogP contribution in [0.3, 0.4) is 0 Å². The van der Waals surface area contributed by atoms with Crippen molar-refractivity contribution < 1.29 is 9.90 Å². The van der Waals surface area contributed by atoms with Crippen LogP contribution in [0.15, 0.2) is 54.6 Å². The van der Waals surface area contributed by atoms with E-state index in [0.29, 0.717) is 13.1 Å². The van der Waals surface area contributed by atoms with Crippen LogP contribution >= 0.6 is 0 Å². The van der Waals surface area contributed by atoms with E-state index in [0.717, 1.165) is 16.8 Å². The van der Waals surface area contributed by atoms with Crippen molar-refractivity contribution in [3.05, 3.63) is 65.7 Å². The molecule has 128 valence electrons. The summed E-state index contributed by atoms with van der Waals surface area (Å²) in [7, 11) is 1.98. The molecule has 3 N–H and O–H groups in total. The minimum atomic E-state index is -0.705. The molecule has 0 aliphatic rings. The van der Waals surface area contributed by atoms with Crippen LogP contribution in [0.1, 0.15) is 17.2 Å². The summed E-state index contributed by atoms with van der Waals surface area (Å²) in [6.07, 6.45) is -0.705. The average Bonchev–Trinajstić information content (AvgIpc) is 2.60. The van der Waals surface area contributed by atoms with Crippen molar-refractivity contribution in [2.24, 2.45) is 0 Å². The number of hydrogen-bond donors (Lipinski definition) is 3. The van der Waals surface area contributed by atoms with E-state index in [9.17, 15) is 9.90 Å². The van der Waals surface area contributed by atoms with Gasteiger partial charge in [-0.2, -0.15) is 0 Å². The van der Waals surface area contributed by atoms with Crippen LogP contribution < -0.4 is 15.5 Å². The second kappa shape index (κ2) is 8.93. The van der Waals surface area contributed by atoms with Gasteiger partial charge in [-0.3, -0.25) is 0 Å². The Morgan fingerprint density at radius 3 is 2.46 bits per heavy atom. The molecule has 5 nitrogen and oxygen atoms in total. The average molecular weight is 327 g/mol. The summed E-state index contributed by atoms with van der Waals surface area (Å²) in [6.45, 7) is 3.36. The number of rotatable bonds is 7. The first kappa shape index (κ1) is 17.8. The summed E-state index contributed by atoms with van der Waals surface area (Å²) in [5.41, 5.74) is 2.95. The van der Waals surface area contributed by atoms with Gasteiger partial charge in [0.1, 0.15) is 0 Å². The number of aryl methyl sites for hydroxylation is 1. The zero-order valence-electron chi connectivity index (χ0n) is 14.2. The number of amides is 2. The van der Waals surface area contributed by atoms with E-state index >= 15 is 0 Å². The first-order chi connectivity index (χ1) is 11.6. The molecule has 0 fully saturated rings. The Labute approximate surface area is 143 Å². The number of likely N-dealkylation sites (N-methyl/N-ethyl adjacent to an activating group) is 1. The minimum absolute atomic E-state index is 0.186. The molecule has 0 saturated carbocycles. The normalized spacial score (nSPS) is 11.6. The first-order valence-electron chi connectivity index (χ1n) is 8.09. The summed E-state index contributed by atoms with van der Waals surface area (Å²) in [5, 5.41) is 15.7. The van der Waals surface area contributed by atoms with Gasteiger partial charge in [-0.05, 0) is 30.2 Å². The van der Waals surface area contributed by atoms with Crippen molar-refractivity contribution in [3.63, 3.8) is 0 Å². The van der Waals surface area contributed by atoms with Crippen LogP contribution in [0.4, 0.5) is 10.5 Å². The number of anilines is 1. The van der Waals surface area contributed by atoms with Gasteiger partial charge in [-0.1, -0.05) is 42.5 Å². The second-order valence-corrected chi connectivity index (χ2v) is 5.77. The number of aliphatic hydroxyl groups is 1. The van der Waals surface area contributed by atoms with E-state index < -0.39 is 6.10 Å². The van der Waals surface area contributed by atoms with E-state index in [4.69, 9.17) is 0 Å². The lowest BCUT2D eigenvalue weighted by molar-refractivity contribution is 0.172. The van der Waals surface area contributed by atoms with E-state index in [1.165, 1.54) is 0 Å². The highest BCUT2D eigenvalue weighted by molar-refractivity contribution is 5.73. The number of carbonyl (C=O) groups is 1. The van der Waals surface area contributed by atoms with Crippen LogP contribution in [0.25, 0.3) is 0 Å². The predicted molar refractivity (Wildman–Crippen MR) is 97.3 cm³/mol. The highest BCUT2D eigenvalue weighted by Gasteiger charge is 2.11. The van der Waals surface area contributed by atoms with Crippen molar-refractivity contribution in [2.45, 2.75) is 13.0 Å². The summed E-state index contributed by atoms with van der Waals surface area (Å²) in [6, 6.07) is 17.3. The van der Waals surface area contributed by atoms with E-state index in [1.54, 1.807) is 0 Å². The van der Waals surface area contributed by atoms with Crippen molar-refractivity contribution in [2.75, 3.05) is 31.6 Å². The van der Waals surface area contributed by atoms with Gasteiger partial charge in [0.15, 0.2) is 0 Å². The molecule has 24 heavy (non-hydrogen) atoms. The number of para-hydroxylation sites is 1. The molecule has 0 radical (unpaired) electrons. The maximum atomic E-state index is 11.8. The lowest BCUT2D eigenvalue weighted by Crippen LogP contribution is -2.41. The molecule has 2 rings (SSSR count). The van der Waals surface area contributed by atoms with Gasteiger partial charge >= 0.3 is 6.03 Å². The molecule has 0 aliphatic heterocycles. The Kier molecular flexibility index (Phi) is 6.63. The van der Waals surface area contributed by atoms with Crippen LogP contribution in [0.5, 0.6) is 0 Å². The molecule has 0 bridgehead atoms. The molecule has 0 aliphatic carbocycles. The molecule has 2 aromatic rings. The number of nitrogens with zero attached hydrogens (tertiary/aromatic N) is 1. The molecule has 2 aromatic carbocycles. The maximum absolute atomic E-state index is 11.8. The summed E-state index contributed by atoms with van der Waals surface area (Å²) in [5.74, 6) is 0. The Morgan fingerprint density at radius 1 is 1.08 bits per heavy atom. The minimum Gasteiger partial charge on any atom is -0.387 e. The Hall–Kier alpha value is -2.53. The molecule has 5 heteroatoms. The third kappa shape index (κ3) is 5.28. The smallest absolute Gasteiger partial charge is 0.314 e. The molecular weight excluding hydrogens is 302 g/mol. The highest BCUT2D eigenvalue weighted by Crippen LogP contribution is 2.16. The van der Waals surface area contributed by atoms with E-state index in [1.807, 2.05) is 68.6 Å². The van der Waals surface area contributed by atoms with Gasteiger partial charge in [0, 0.05) is 32.4 Å². The lowest BCUT2D eigenvalue weighted by atomic mass is 10.0. The zero-order chi connectivity index (χ0) is 17.4. The fraction of sp³-hybridized carbons (Fsp3) is 0.316. The number of nitrogens with one attached hydrogen (secondary N) is 2. The van der Waals surface area contributed by atoms with Crippen LogP contribution in [0, 0.1) is 6.92 Å². The molecule has 0 spiro atoms. The summed E-state index contributed by atoms with van der Waals surface area (Å²) >= 11 is 0. The molecule has 0 aromatic heterocycles. The molecule has 1 unspecified atom stereocenters. The van der Waals surface area contributed by atoms with E-state index in [-0.39, 0.29) is 12.6 Å². The largest absolute Gasteiger partial charge is 0.387 e. The first-order valence-corrected chi connectivity index (χ1v) is 8.09. The quantitative estimate of drug-likeness (QED) is 0.732. The number of hydrogen-bond acceptors (Lipinski definition) is 3. The second-order valence-electron chi connectivity index (χ2n) is 5.77. The van der Waals surface area contributed by atoms with Crippen LogP contribution in [0.2, 0.25) is 0 Å². The monoisotopic (exact) mass is 327 g/mol. The fourth-order valence-electron chi connectivity index (χ4n) is 2.47. The number of urea groups is 1. The fourth-order valence-corrected chi connectivity index (χ4v) is 2.47. The Balaban J connectivity index is 1.69. The Bertz CT molecular complexity index is 646. The number of aliphatic hydroxyl groups excluding tert-OH is 1. The third-order valence-corrected chi connectivity index (χ3v) is 3.93. The summed E-state index contributed by atoms with van der Waals surface area (Å²) < 4.78 is 0. The van der Waals surface area contributed by atoms with Crippen molar-refractivity contribution in [3.8, 4) is 0 Å². The van der Waals surface area contributed by atoms with Crippen molar-refractivity contribution in [1.82, 2.24) is 10.6 Å². The van der Waals surface area contributed by atoms with Crippen molar-refractivity contribution in [1.29, 1.82) is 0 Å². The highest BCUT2D eigenvalue weighted by atomic mass is 16.3. The standard InChI is InChI=1S/C19H25N3O2/c1-15-8-6-7-11-17(15)18(23)14-21-19(24)20-12-13-22(2)16-9-4-3-5-10-16/h3-11,18,23H,12-14H2,1-2H3,(H2,20,21,24). The molecule has 0 heterocycles. The number of benzene rings is 2. The molecule has 0 saturated heterocycles. The van der Waals surface area contributed by atoms with E-state index in [2.05, 4.69) is 15.5 Å². The van der Waals surface area contributed by atoms with Crippen molar-refractivity contribution >= 4 is 11.7 Å². The number of carbonyl (C=O) groups excluding carboxylic acids is 1. The van der Waals surface area contributed by atoms with Gasteiger partial charge < -0.3 is 20.6 Å². The molecular formula is C19H25N3O2. The van der Waals surface area contributed by atoms with Crippen LogP contribution in [-0.2, 0) is 0 Å². The van der Waals surface area contributed by atoms with Gasteiger partial charge in [0.25, 0.3) is 0 Å². The SMILES string of the molecule is Cc1ccccc1C(O)CNC(=O)NCCN(C)c1ccccc1. The summed E-state index contributed by atoms with van der Waals surface area (Å²) in [4.78, 5) is 13.9. The molecule has 1 atom stereocenters. The van der Waals surface area contributed by atoms with Gasteiger partial charge in [-0.25, -0.2) is 4.79 Å². The predicted octanol–water partition coefficient (Wildman–Crippen LogP) is 2.46. The topological polar surface area (TPSA) is 64.6 Å². The van der Waals surface area contributed by atoms with Crippen LogP contribution in [-0.4, -0.2) is 37.8 Å². The lowest BCUT2D eigenvalue weighted by Gasteiger charge is -2.20. The van der Waals surface area contributed by atoms with Gasteiger partial charge in [0.05, 0.1) is 6.10 Å². The molecule has 2 amide bonds. The zero-order valence-corrected chi connectivity index (χ0v) is 14.2. The van der Waals surface area contributed by atoms with Gasteiger partial charge in [0.2, 0.25) is 0 Å². The third-order valence-electron chi connectivity index (χ3n) is 3.93. The maximum Gasteiger partial charge on any atom is 0.314 e. The Morgan fingerprint density at radius 2 is 1.75 bits per heavy atom. The van der Waals surface area contributed by atoms with Gasteiger partial charge in [-0.15, -0.1) is 0 Å².